The largest absolute Gasteiger partial charge is 0.481 e. The summed E-state index contributed by atoms with van der Waals surface area (Å²) in [6.07, 6.45) is 1.64. The summed E-state index contributed by atoms with van der Waals surface area (Å²) in [5, 5.41) is 8.84. The third kappa shape index (κ3) is 5.44. The molecule has 0 aromatic heterocycles. The number of aliphatic imine (C=N–C) groups is 1. The molecule has 0 saturated heterocycles. The maximum Gasteiger partial charge on any atom is 0.341 e. The fraction of sp³-hybridized carbons (Fsp3) is 0.238. The number of carboxylic acid groups (broad SMARTS) is 1. The fourth-order valence-electron chi connectivity index (χ4n) is 2.37. The van der Waals surface area contributed by atoms with E-state index in [1.165, 1.54) is 0 Å². The van der Waals surface area contributed by atoms with Crippen molar-refractivity contribution in [2.45, 2.75) is 18.7 Å². The Hall–Kier alpha value is -3.11. The Balaban J connectivity index is 2.50. The van der Waals surface area contributed by atoms with Crippen LogP contribution in [0.15, 0.2) is 46.3 Å². The van der Waals surface area contributed by atoms with E-state index < -0.39 is 22.4 Å². The Kier molecular flexibility index (Phi) is 6.96. The van der Waals surface area contributed by atoms with Crippen LogP contribution in [0.25, 0.3) is 0 Å². The highest BCUT2D eigenvalue weighted by molar-refractivity contribution is 7.91. The van der Waals surface area contributed by atoms with Crippen molar-refractivity contribution >= 4 is 22.0 Å². The lowest BCUT2D eigenvalue weighted by Crippen LogP contribution is -2.10. The number of hydrogen-bond donors (Lipinski definition) is 1. The Morgan fingerprint density at radius 1 is 1.18 bits per heavy atom. The predicted molar refractivity (Wildman–Crippen MR) is 108 cm³/mol. The number of aryl methyl sites for hydroxylation is 1. The summed E-state index contributed by atoms with van der Waals surface area (Å²) in [5.74, 6) is 5.19. The van der Waals surface area contributed by atoms with E-state index >= 15 is 0 Å². The van der Waals surface area contributed by atoms with Crippen LogP contribution in [0, 0.1) is 18.8 Å². The Morgan fingerprint density at radius 2 is 1.89 bits per heavy atom. The lowest BCUT2D eigenvalue weighted by atomic mass is 10.1. The summed E-state index contributed by atoms with van der Waals surface area (Å²) in [4.78, 5) is 15.0. The molecule has 2 rings (SSSR count). The van der Waals surface area contributed by atoms with Gasteiger partial charge in [-0.1, -0.05) is 24.8 Å². The summed E-state index contributed by atoms with van der Waals surface area (Å²) in [6.45, 7) is 2.95. The van der Waals surface area contributed by atoms with E-state index in [9.17, 15) is 13.2 Å². The molecule has 0 amide bonds. The summed E-state index contributed by atoms with van der Waals surface area (Å²) in [7, 11) is -1.69. The molecule has 0 heterocycles. The molecule has 0 fully saturated rings. The molecule has 1 N–H and O–H groups in total. The summed E-state index contributed by atoms with van der Waals surface area (Å²) in [6, 6.07) is 9.95. The second kappa shape index (κ2) is 9.20. The number of nitrogens with zero attached hydrogens (tertiary/aromatic N) is 1. The molecule has 146 valence electrons. The number of benzene rings is 2. The van der Waals surface area contributed by atoms with Crippen molar-refractivity contribution in [1.82, 2.24) is 0 Å². The highest BCUT2D eigenvalue weighted by Crippen LogP contribution is 2.20. The summed E-state index contributed by atoms with van der Waals surface area (Å²) in [5.41, 5.74) is 2.69. The van der Waals surface area contributed by atoms with Crippen LogP contribution < -0.4 is 4.74 Å². The number of sulfone groups is 1. The number of hydrogen-bond acceptors (Lipinski definition) is 5. The monoisotopic (exact) mass is 399 g/mol. The molecule has 28 heavy (non-hydrogen) atoms. The van der Waals surface area contributed by atoms with E-state index in [1.54, 1.807) is 56.6 Å². The zero-order valence-electron chi connectivity index (χ0n) is 15.9. The second-order valence-corrected chi connectivity index (χ2v) is 8.23. The lowest BCUT2D eigenvalue weighted by Gasteiger charge is -2.07. The van der Waals surface area contributed by atoms with Crippen molar-refractivity contribution in [3.05, 3.63) is 58.7 Å². The first-order valence-corrected chi connectivity index (χ1v) is 10.2. The third-order valence-corrected chi connectivity index (χ3v) is 5.65. The van der Waals surface area contributed by atoms with Gasteiger partial charge in [-0.3, -0.25) is 4.99 Å². The smallest absolute Gasteiger partial charge is 0.341 e. The molecule has 0 aliphatic rings. The molecule has 2 aromatic rings. The molecule has 0 bridgehead atoms. The zero-order valence-corrected chi connectivity index (χ0v) is 16.7. The van der Waals surface area contributed by atoms with Gasteiger partial charge in [-0.15, -0.1) is 0 Å². The van der Waals surface area contributed by atoms with E-state index in [1.807, 2.05) is 6.92 Å². The minimum absolute atomic E-state index is 0.00844. The van der Waals surface area contributed by atoms with Gasteiger partial charge in [0.2, 0.25) is 0 Å². The first-order chi connectivity index (χ1) is 13.3. The van der Waals surface area contributed by atoms with Gasteiger partial charge in [0, 0.05) is 18.8 Å². The molecule has 2 aromatic carbocycles. The van der Waals surface area contributed by atoms with Crippen LogP contribution in [0.1, 0.15) is 29.2 Å². The second-order valence-electron chi connectivity index (χ2n) is 5.96. The normalized spacial score (nSPS) is 11.1. The van der Waals surface area contributed by atoms with Crippen molar-refractivity contribution in [1.29, 1.82) is 0 Å². The van der Waals surface area contributed by atoms with E-state index in [0.717, 1.165) is 11.1 Å². The van der Waals surface area contributed by atoms with Gasteiger partial charge in [-0.05, 0) is 48.4 Å². The molecular weight excluding hydrogens is 378 g/mol. The molecule has 0 spiro atoms. The summed E-state index contributed by atoms with van der Waals surface area (Å²) >= 11 is 0. The van der Waals surface area contributed by atoms with Gasteiger partial charge < -0.3 is 9.84 Å². The van der Waals surface area contributed by atoms with Crippen LogP contribution in [0.5, 0.6) is 5.75 Å². The van der Waals surface area contributed by atoms with E-state index in [2.05, 4.69) is 16.8 Å². The molecule has 0 atom stereocenters. The quantitative estimate of drug-likeness (QED) is 0.595. The first kappa shape index (κ1) is 21.2. The Labute approximate surface area is 164 Å². The average molecular weight is 399 g/mol. The molecule has 0 unspecified atom stereocenters. The van der Waals surface area contributed by atoms with Gasteiger partial charge in [-0.2, -0.15) is 0 Å². The highest BCUT2D eigenvalue weighted by Gasteiger charge is 2.12. The lowest BCUT2D eigenvalue weighted by molar-refractivity contribution is -0.139. The molecule has 0 aliphatic carbocycles. The van der Waals surface area contributed by atoms with E-state index in [0.29, 0.717) is 16.9 Å². The van der Waals surface area contributed by atoms with E-state index in [4.69, 9.17) is 9.84 Å². The van der Waals surface area contributed by atoms with E-state index in [-0.39, 0.29) is 10.6 Å². The van der Waals surface area contributed by atoms with Gasteiger partial charge in [0.25, 0.3) is 0 Å². The van der Waals surface area contributed by atoms with Gasteiger partial charge in [0.1, 0.15) is 5.75 Å². The predicted octanol–water partition coefficient (Wildman–Crippen LogP) is 2.70. The topological polar surface area (TPSA) is 93.0 Å². The van der Waals surface area contributed by atoms with Gasteiger partial charge in [0.05, 0.1) is 16.2 Å². The molecule has 0 saturated carbocycles. The van der Waals surface area contributed by atoms with Gasteiger partial charge in [-0.25, -0.2) is 13.2 Å². The molecule has 6 nitrogen and oxygen atoms in total. The van der Waals surface area contributed by atoms with Crippen LogP contribution in [-0.4, -0.2) is 45.1 Å². The van der Waals surface area contributed by atoms with Crippen molar-refractivity contribution in [3.63, 3.8) is 0 Å². The standard InChI is InChI=1S/C21H21NO5S/c1-4-28(25,26)19-9-5-15(2)17(12-19)7-8-18-11-16(13-22-3)6-10-20(18)27-14-21(23)24/h5-6,9-13H,4,14H2,1-3H3,(H,23,24). The van der Waals surface area contributed by atoms with Crippen molar-refractivity contribution in [2.24, 2.45) is 4.99 Å². The van der Waals surface area contributed by atoms with Crippen molar-refractivity contribution in [2.75, 3.05) is 19.4 Å². The number of aliphatic carboxylic acids is 1. The first-order valence-electron chi connectivity index (χ1n) is 8.53. The average Bonchev–Trinajstić information content (AvgIpc) is 2.66. The summed E-state index contributed by atoms with van der Waals surface area (Å²) < 4.78 is 29.5. The minimum Gasteiger partial charge on any atom is -0.481 e. The maximum atomic E-state index is 12.1. The van der Waals surface area contributed by atoms with Crippen LogP contribution >= 0.6 is 0 Å². The van der Waals surface area contributed by atoms with Crippen LogP contribution in [0.4, 0.5) is 0 Å². The van der Waals surface area contributed by atoms with Crippen LogP contribution in [0.2, 0.25) is 0 Å². The molecule has 0 aliphatic heterocycles. The fourth-order valence-corrected chi connectivity index (χ4v) is 3.28. The SMILES string of the molecule is CCS(=O)(=O)c1ccc(C)c(C#Cc2cc(C=NC)ccc2OCC(=O)O)c1. The van der Waals surface area contributed by atoms with Crippen LogP contribution in [0.3, 0.4) is 0 Å². The van der Waals surface area contributed by atoms with Crippen molar-refractivity contribution < 1.29 is 23.1 Å². The van der Waals surface area contributed by atoms with Gasteiger partial charge in [0.15, 0.2) is 16.4 Å². The zero-order chi connectivity index (χ0) is 20.7. The minimum atomic E-state index is -3.34. The third-order valence-electron chi connectivity index (χ3n) is 3.91. The Bertz CT molecular complexity index is 1080. The maximum absolute atomic E-state index is 12.1. The number of carbonyl (C=O) groups is 1. The molecular formula is C21H21NO5S. The van der Waals surface area contributed by atoms with Crippen molar-refractivity contribution in [3.8, 4) is 17.6 Å². The molecule has 0 radical (unpaired) electrons. The Morgan fingerprint density at radius 3 is 2.54 bits per heavy atom. The van der Waals surface area contributed by atoms with Gasteiger partial charge >= 0.3 is 5.97 Å². The number of ether oxygens (including phenoxy) is 1. The molecule has 7 heteroatoms. The highest BCUT2D eigenvalue weighted by atomic mass is 32.2. The van der Waals surface area contributed by atoms with Crippen LogP contribution in [-0.2, 0) is 14.6 Å². The number of rotatable bonds is 6. The number of carboxylic acids is 1.